The molecule has 0 unspecified atom stereocenters. The lowest BCUT2D eigenvalue weighted by molar-refractivity contribution is 0.229. The van der Waals surface area contributed by atoms with E-state index in [0.29, 0.717) is 6.04 Å². The number of hydrogen-bond donors (Lipinski definition) is 1. The summed E-state index contributed by atoms with van der Waals surface area (Å²) in [6.45, 7) is 5.90. The van der Waals surface area contributed by atoms with Crippen LogP contribution in [0.4, 0.5) is 5.69 Å². The first-order chi connectivity index (χ1) is 7.78. The van der Waals surface area contributed by atoms with E-state index in [-0.39, 0.29) is 0 Å². The van der Waals surface area contributed by atoms with Crippen LogP contribution in [0.3, 0.4) is 0 Å². The molecule has 0 spiro atoms. The van der Waals surface area contributed by atoms with E-state index >= 15 is 0 Å². The van der Waals surface area contributed by atoms with Crippen molar-refractivity contribution in [2.24, 2.45) is 0 Å². The Labute approximate surface area is 112 Å². The second-order valence-corrected chi connectivity index (χ2v) is 5.61. The van der Waals surface area contributed by atoms with Gasteiger partial charge >= 0.3 is 0 Å². The van der Waals surface area contributed by atoms with E-state index in [1.807, 2.05) is 0 Å². The molecule has 1 heterocycles. The lowest BCUT2D eigenvalue weighted by Crippen LogP contribution is -2.38. The molecule has 1 aliphatic heterocycles. The third-order valence-electron chi connectivity index (χ3n) is 3.23. The smallest absolute Gasteiger partial charge is 0.0352 e. The van der Waals surface area contributed by atoms with Crippen LogP contribution in [0, 0.1) is 3.57 Å². The maximum Gasteiger partial charge on any atom is 0.0352 e. The Balaban J connectivity index is 1.87. The van der Waals surface area contributed by atoms with Gasteiger partial charge in [0.25, 0.3) is 0 Å². The summed E-state index contributed by atoms with van der Waals surface area (Å²) in [5.74, 6) is 0. The van der Waals surface area contributed by atoms with Gasteiger partial charge in [0.1, 0.15) is 0 Å². The van der Waals surface area contributed by atoms with Gasteiger partial charge in [-0.2, -0.15) is 0 Å². The Bertz CT molecular complexity index is 332. The highest BCUT2D eigenvalue weighted by atomic mass is 127. The van der Waals surface area contributed by atoms with Gasteiger partial charge in [0.2, 0.25) is 0 Å². The monoisotopic (exact) mass is 330 g/mol. The first kappa shape index (κ1) is 12.2. The van der Waals surface area contributed by atoms with E-state index in [0.717, 1.165) is 0 Å². The van der Waals surface area contributed by atoms with Gasteiger partial charge in [0.05, 0.1) is 0 Å². The van der Waals surface area contributed by atoms with E-state index in [9.17, 15) is 0 Å². The molecular formula is C13H19IN2. The minimum atomic E-state index is 0.654. The lowest BCUT2D eigenvalue weighted by Gasteiger charge is -2.32. The molecule has 0 radical (unpaired) electrons. The van der Waals surface area contributed by atoms with Gasteiger partial charge in [0.15, 0.2) is 0 Å². The fourth-order valence-electron chi connectivity index (χ4n) is 2.21. The number of rotatable bonds is 3. The van der Waals surface area contributed by atoms with Crippen LogP contribution in [0.25, 0.3) is 0 Å². The van der Waals surface area contributed by atoms with Crippen molar-refractivity contribution in [1.29, 1.82) is 0 Å². The first-order valence-electron chi connectivity index (χ1n) is 6.02. The van der Waals surface area contributed by atoms with Crippen LogP contribution in [0.5, 0.6) is 0 Å². The summed E-state index contributed by atoms with van der Waals surface area (Å²) in [4.78, 5) is 2.52. The fourth-order valence-corrected chi connectivity index (χ4v) is 2.75. The van der Waals surface area contributed by atoms with Crippen molar-refractivity contribution in [3.05, 3.63) is 27.8 Å². The Morgan fingerprint density at radius 3 is 2.75 bits per heavy atom. The number of benzene rings is 1. The van der Waals surface area contributed by atoms with Gasteiger partial charge in [-0.3, -0.25) is 0 Å². The molecule has 0 aromatic heterocycles. The minimum absolute atomic E-state index is 0.654. The third-order valence-corrected chi connectivity index (χ3v) is 3.90. The number of anilines is 1. The summed E-state index contributed by atoms with van der Waals surface area (Å²) in [7, 11) is 0. The van der Waals surface area contributed by atoms with Gasteiger partial charge in [-0.15, -0.1) is 0 Å². The molecule has 1 aromatic rings. The van der Waals surface area contributed by atoms with E-state index in [1.165, 1.54) is 41.7 Å². The van der Waals surface area contributed by atoms with Gasteiger partial charge in [-0.1, -0.05) is 13.0 Å². The van der Waals surface area contributed by atoms with Crippen LogP contribution < -0.4 is 5.32 Å². The SMILES string of the molecule is CCN1CCC(Nc2cccc(I)c2)CC1. The van der Waals surface area contributed by atoms with E-state index < -0.39 is 0 Å². The zero-order valence-electron chi connectivity index (χ0n) is 9.75. The molecule has 1 saturated heterocycles. The molecule has 1 N–H and O–H groups in total. The van der Waals surface area contributed by atoms with Crippen LogP contribution in [0.15, 0.2) is 24.3 Å². The predicted octanol–water partition coefficient (Wildman–Crippen LogP) is 3.19. The average Bonchev–Trinajstić information content (AvgIpc) is 2.30. The Morgan fingerprint density at radius 2 is 2.12 bits per heavy atom. The standard InChI is InChI=1S/C13H19IN2/c1-2-16-8-6-12(7-9-16)15-13-5-3-4-11(14)10-13/h3-5,10,12,15H,2,6-9H2,1H3. The lowest BCUT2D eigenvalue weighted by atomic mass is 10.0. The van der Waals surface area contributed by atoms with Crippen molar-refractivity contribution in [1.82, 2.24) is 4.90 Å². The summed E-state index contributed by atoms with van der Waals surface area (Å²) in [5.41, 5.74) is 1.27. The van der Waals surface area contributed by atoms with Crippen molar-refractivity contribution in [3.8, 4) is 0 Å². The van der Waals surface area contributed by atoms with E-state index in [2.05, 4.69) is 64.0 Å². The number of nitrogens with one attached hydrogen (secondary N) is 1. The van der Waals surface area contributed by atoms with Gasteiger partial charge in [-0.25, -0.2) is 0 Å². The van der Waals surface area contributed by atoms with Crippen LogP contribution >= 0.6 is 22.6 Å². The highest BCUT2D eigenvalue weighted by Gasteiger charge is 2.17. The number of halogens is 1. The quantitative estimate of drug-likeness (QED) is 0.857. The van der Waals surface area contributed by atoms with Crippen molar-refractivity contribution in [2.45, 2.75) is 25.8 Å². The number of piperidine rings is 1. The highest BCUT2D eigenvalue weighted by molar-refractivity contribution is 14.1. The second-order valence-electron chi connectivity index (χ2n) is 4.36. The molecule has 1 aromatic carbocycles. The van der Waals surface area contributed by atoms with Crippen LogP contribution in [0.2, 0.25) is 0 Å². The van der Waals surface area contributed by atoms with Crippen molar-refractivity contribution >= 4 is 28.3 Å². The van der Waals surface area contributed by atoms with Crippen molar-refractivity contribution in [2.75, 3.05) is 25.0 Å². The third kappa shape index (κ3) is 3.35. The second kappa shape index (κ2) is 5.87. The first-order valence-corrected chi connectivity index (χ1v) is 7.10. The van der Waals surface area contributed by atoms with Crippen LogP contribution in [-0.2, 0) is 0 Å². The summed E-state index contributed by atoms with van der Waals surface area (Å²) < 4.78 is 1.30. The largest absolute Gasteiger partial charge is 0.382 e. The molecule has 16 heavy (non-hydrogen) atoms. The van der Waals surface area contributed by atoms with Gasteiger partial charge < -0.3 is 10.2 Å². The van der Waals surface area contributed by atoms with Crippen LogP contribution in [-0.4, -0.2) is 30.6 Å². The minimum Gasteiger partial charge on any atom is -0.382 e. The molecule has 0 amide bonds. The average molecular weight is 330 g/mol. The van der Waals surface area contributed by atoms with Crippen molar-refractivity contribution < 1.29 is 0 Å². The Kier molecular flexibility index (Phi) is 4.46. The molecular weight excluding hydrogens is 311 g/mol. The Hall–Kier alpha value is -0.290. The Morgan fingerprint density at radius 1 is 1.38 bits per heavy atom. The molecule has 88 valence electrons. The molecule has 0 aliphatic carbocycles. The number of hydrogen-bond acceptors (Lipinski definition) is 2. The molecule has 0 bridgehead atoms. The normalized spacial score (nSPS) is 18.6. The van der Waals surface area contributed by atoms with Gasteiger partial charge in [0, 0.05) is 28.4 Å². The number of nitrogens with zero attached hydrogens (tertiary/aromatic N) is 1. The van der Waals surface area contributed by atoms with Crippen molar-refractivity contribution in [3.63, 3.8) is 0 Å². The van der Waals surface area contributed by atoms with E-state index in [4.69, 9.17) is 0 Å². The molecule has 3 heteroatoms. The van der Waals surface area contributed by atoms with Crippen LogP contribution in [0.1, 0.15) is 19.8 Å². The summed E-state index contributed by atoms with van der Waals surface area (Å²) >= 11 is 2.36. The van der Waals surface area contributed by atoms with E-state index in [1.54, 1.807) is 0 Å². The zero-order valence-corrected chi connectivity index (χ0v) is 11.9. The molecule has 0 saturated carbocycles. The summed E-state index contributed by atoms with van der Waals surface area (Å²) in [5, 5.41) is 3.63. The van der Waals surface area contributed by atoms with Gasteiger partial charge in [-0.05, 0) is 60.2 Å². The fraction of sp³-hybridized carbons (Fsp3) is 0.538. The molecule has 0 atom stereocenters. The molecule has 1 fully saturated rings. The topological polar surface area (TPSA) is 15.3 Å². The maximum atomic E-state index is 3.63. The summed E-state index contributed by atoms with van der Waals surface area (Å²) in [6.07, 6.45) is 2.53. The molecule has 1 aliphatic rings. The number of likely N-dealkylation sites (tertiary alicyclic amines) is 1. The summed E-state index contributed by atoms with van der Waals surface area (Å²) in [6, 6.07) is 9.28. The predicted molar refractivity (Wildman–Crippen MR) is 77.9 cm³/mol. The molecule has 2 rings (SSSR count). The molecule has 2 nitrogen and oxygen atoms in total. The highest BCUT2D eigenvalue weighted by Crippen LogP contribution is 2.18. The maximum absolute atomic E-state index is 3.63. The zero-order chi connectivity index (χ0) is 11.4.